The van der Waals surface area contributed by atoms with Gasteiger partial charge in [0.2, 0.25) is 5.91 Å². The number of methoxy groups -OCH3 is 1. The Morgan fingerprint density at radius 2 is 2.00 bits per heavy atom. The maximum Gasteiger partial charge on any atom is 0.319 e. The number of para-hydroxylation sites is 1. The molecule has 5 rings (SSSR count). The molecule has 0 radical (unpaired) electrons. The zero-order valence-electron chi connectivity index (χ0n) is 16.5. The highest BCUT2D eigenvalue weighted by molar-refractivity contribution is 7.99. The minimum absolute atomic E-state index is 0.0601. The van der Waals surface area contributed by atoms with Gasteiger partial charge in [-0.15, -0.1) is 11.8 Å². The van der Waals surface area contributed by atoms with Gasteiger partial charge in [-0.3, -0.25) is 14.4 Å². The standard InChI is InChI=1S/C22H18N2O5S2/c1-28-13-8-6-12(7-9-13)23-16(25)10-22-11-30-19-18(31-21(27)24-19)17(22)14-4-2-3-5-15(14)29-20(22)26/h2-9,17H,10-11H2,1H3,(H,23,25)(H,24,27). The van der Waals surface area contributed by atoms with Crippen LogP contribution in [0.15, 0.2) is 58.4 Å². The first-order chi connectivity index (χ1) is 15.0. The van der Waals surface area contributed by atoms with E-state index in [0.29, 0.717) is 22.9 Å². The molecular weight excluding hydrogens is 436 g/mol. The highest BCUT2D eigenvalue weighted by Gasteiger charge is 2.57. The van der Waals surface area contributed by atoms with Gasteiger partial charge in [0.25, 0.3) is 0 Å². The monoisotopic (exact) mass is 454 g/mol. The molecule has 31 heavy (non-hydrogen) atoms. The van der Waals surface area contributed by atoms with Crippen molar-refractivity contribution in [2.45, 2.75) is 17.4 Å². The van der Waals surface area contributed by atoms with Crippen LogP contribution in [0.2, 0.25) is 0 Å². The van der Waals surface area contributed by atoms with Crippen LogP contribution in [0, 0.1) is 5.41 Å². The van der Waals surface area contributed by atoms with Gasteiger partial charge in [-0.2, -0.15) is 0 Å². The van der Waals surface area contributed by atoms with Crippen molar-refractivity contribution < 1.29 is 19.1 Å². The van der Waals surface area contributed by atoms with Crippen molar-refractivity contribution in [2.75, 3.05) is 18.2 Å². The predicted octanol–water partition coefficient (Wildman–Crippen LogP) is 3.62. The van der Waals surface area contributed by atoms with Gasteiger partial charge >= 0.3 is 10.8 Å². The summed E-state index contributed by atoms with van der Waals surface area (Å²) < 4.78 is 10.8. The number of H-pyrrole nitrogens is 1. The number of fused-ring (bicyclic) bond motifs is 5. The molecule has 3 aromatic rings. The molecule has 1 aromatic heterocycles. The highest BCUT2D eigenvalue weighted by atomic mass is 32.2. The molecule has 2 aliphatic rings. The third kappa shape index (κ3) is 3.34. The van der Waals surface area contributed by atoms with E-state index >= 15 is 0 Å². The Labute approximate surface area is 185 Å². The van der Waals surface area contributed by atoms with E-state index in [9.17, 15) is 14.4 Å². The van der Waals surface area contributed by atoms with E-state index in [1.165, 1.54) is 11.8 Å². The molecule has 0 spiro atoms. The summed E-state index contributed by atoms with van der Waals surface area (Å²) in [4.78, 5) is 41.9. The molecule has 0 bridgehead atoms. The maximum atomic E-state index is 13.3. The fourth-order valence-corrected chi connectivity index (χ4v) is 6.73. The molecule has 0 saturated carbocycles. The first-order valence-electron chi connectivity index (χ1n) is 9.61. The smallest absolute Gasteiger partial charge is 0.319 e. The number of aromatic nitrogens is 1. The number of nitrogens with one attached hydrogen (secondary N) is 2. The second-order valence-electron chi connectivity index (χ2n) is 7.47. The Balaban J connectivity index is 1.53. The Bertz CT molecular complexity index is 1230. The lowest BCUT2D eigenvalue weighted by atomic mass is 9.68. The lowest BCUT2D eigenvalue weighted by Gasteiger charge is -2.44. The number of hydrogen-bond donors (Lipinski definition) is 2. The van der Waals surface area contributed by atoms with Crippen LogP contribution >= 0.6 is 23.1 Å². The van der Waals surface area contributed by atoms with Crippen LogP contribution in [0.4, 0.5) is 5.69 Å². The number of esters is 1. The number of thioether (sulfide) groups is 1. The van der Waals surface area contributed by atoms with Crippen molar-refractivity contribution in [1.82, 2.24) is 4.98 Å². The van der Waals surface area contributed by atoms with Crippen molar-refractivity contribution in [2.24, 2.45) is 5.41 Å². The summed E-state index contributed by atoms with van der Waals surface area (Å²) in [6.45, 7) is 0. The summed E-state index contributed by atoms with van der Waals surface area (Å²) >= 11 is 2.47. The van der Waals surface area contributed by atoms with Gasteiger partial charge < -0.3 is 19.8 Å². The molecule has 158 valence electrons. The Morgan fingerprint density at radius 3 is 2.77 bits per heavy atom. The summed E-state index contributed by atoms with van der Waals surface area (Å²) in [5.41, 5.74) is 0.322. The normalized spacial score (nSPS) is 21.3. The molecule has 2 atom stereocenters. The molecule has 0 fully saturated rings. The highest BCUT2D eigenvalue weighted by Crippen LogP contribution is 2.58. The van der Waals surface area contributed by atoms with Gasteiger partial charge in [-0.25, -0.2) is 0 Å². The number of carbonyl (C=O) groups is 2. The minimum Gasteiger partial charge on any atom is -0.497 e. The fourth-order valence-electron chi connectivity index (χ4n) is 4.18. The summed E-state index contributed by atoms with van der Waals surface area (Å²) in [5, 5.41) is 3.62. The molecule has 7 nitrogen and oxygen atoms in total. The van der Waals surface area contributed by atoms with Crippen LogP contribution in [-0.4, -0.2) is 29.7 Å². The number of rotatable bonds is 4. The summed E-state index contributed by atoms with van der Waals surface area (Å²) in [6.07, 6.45) is -0.0601. The molecule has 2 aromatic carbocycles. The van der Waals surface area contributed by atoms with Crippen LogP contribution in [0.1, 0.15) is 22.8 Å². The average molecular weight is 455 g/mol. The van der Waals surface area contributed by atoms with Crippen molar-refractivity contribution in [3.63, 3.8) is 0 Å². The van der Waals surface area contributed by atoms with Gasteiger partial charge in [-0.05, 0) is 30.3 Å². The molecule has 9 heteroatoms. The first-order valence-corrected chi connectivity index (χ1v) is 11.4. The molecule has 2 N–H and O–H groups in total. The Kier molecular flexibility index (Phi) is 4.86. The second-order valence-corrected chi connectivity index (χ2v) is 9.47. The lowest BCUT2D eigenvalue weighted by Crippen LogP contribution is -2.49. The van der Waals surface area contributed by atoms with Crippen molar-refractivity contribution in [1.29, 1.82) is 0 Å². The SMILES string of the molecule is COc1ccc(NC(=O)CC23CSc4[nH]c(=O)sc4C2c2ccccc2OC3=O)cc1. The van der Waals surface area contributed by atoms with E-state index < -0.39 is 17.3 Å². The van der Waals surface area contributed by atoms with Crippen molar-refractivity contribution >= 4 is 40.7 Å². The fraction of sp³-hybridized carbons (Fsp3) is 0.227. The van der Waals surface area contributed by atoms with Gasteiger partial charge in [0.15, 0.2) is 0 Å². The van der Waals surface area contributed by atoms with Crippen molar-refractivity contribution in [3.05, 3.63) is 68.6 Å². The Hall–Kier alpha value is -3.04. The van der Waals surface area contributed by atoms with Crippen LogP contribution in [0.25, 0.3) is 0 Å². The van der Waals surface area contributed by atoms with E-state index in [4.69, 9.17) is 9.47 Å². The van der Waals surface area contributed by atoms with E-state index in [1.54, 1.807) is 43.5 Å². The van der Waals surface area contributed by atoms with Crippen molar-refractivity contribution in [3.8, 4) is 11.5 Å². The van der Waals surface area contributed by atoms with Gasteiger partial charge in [0.1, 0.15) is 11.5 Å². The number of carbonyl (C=O) groups excluding carboxylic acids is 2. The summed E-state index contributed by atoms with van der Waals surface area (Å²) in [5.74, 6) is 0.330. The van der Waals surface area contributed by atoms with Crippen LogP contribution in [0.3, 0.4) is 0 Å². The molecule has 2 aliphatic heterocycles. The number of aromatic amines is 1. The molecule has 3 heterocycles. The molecular formula is C22H18N2O5S2. The third-order valence-corrected chi connectivity index (χ3v) is 7.97. The van der Waals surface area contributed by atoms with Crippen LogP contribution in [0.5, 0.6) is 11.5 Å². The van der Waals surface area contributed by atoms with E-state index in [0.717, 1.165) is 26.8 Å². The predicted molar refractivity (Wildman–Crippen MR) is 118 cm³/mol. The van der Waals surface area contributed by atoms with Crippen LogP contribution in [-0.2, 0) is 9.59 Å². The Morgan fingerprint density at radius 1 is 1.23 bits per heavy atom. The molecule has 1 amide bonds. The van der Waals surface area contributed by atoms with Gasteiger partial charge in [0.05, 0.1) is 17.6 Å². The molecule has 0 aliphatic carbocycles. The minimum atomic E-state index is -1.10. The quantitative estimate of drug-likeness (QED) is 0.462. The molecule has 0 saturated heterocycles. The van der Waals surface area contributed by atoms with Crippen LogP contribution < -0.4 is 19.7 Å². The van der Waals surface area contributed by atoms with E-state index in [-0.39, 0.29) is 17.2 Å². The lowest BCUT2D eigenvalue weighted by molar-refractivity contribution is -0.149. The van der Waals surface area contributed by atoms with Gasteiger partial charge in [-0.1, -0.05) is 29.5 Å². The number of thiazole rings is 1. The maximum absolute atomic E-state index is 13.3. The number of amides is 1. The largest absolute Gasteiger partial charge is 0.497 e. The average Bonchev–Trinajstić information content (AvgIpc) is 3.14. The van der Waals surface area contributed by atoms with Gasteiger partial charge in [0, 0.05) is 34.2 Å². The topological polar surface area (TPSA) is 97.5 Å². The molecule has 2 unspecified atom stereocenters. The summed E-state index contributed by atoms with van der Waals surface area (Å²) in [7, 11) is 1.57. The zero-order valence-corrected chi connectivity index (χ0v) is 18.1. The number of hydrogen-bond acceptors (Lipinski definition) is 7. The summed E-state index contributed by atoms with van der Waals surface area (Å²) in [6, 6.07) is 14.3. The third-order valence-electron chi connectivity index (χ3n) is 5.62. The second kappa shape index (κ2) is 7.58. The number of anilines is 1. The van der Waals surface area contributed by atoms with E-state index in [1.807, 2.05) is 12.1 Å². The number of ether oxygens (including phenoxy) is 2. The first kappa shape index (κ1) is 19.9. The number of benzene rings is 2. The zero-order chi connectivity index (χ0) is 21.6. The van der Waals surface area contributed by atoms with E-state index in [2.05, 4.69) is 10.3 Å².